The highest BCUT2D eigenvalue weighted by atomic mass is 32.2. The van der Waals surface area contributed by atoms with Crippen LogP contribution < -0.4 is 4.72 Å². The molecule has 2 aromatic rings. The van der Waals surface area contributed by atoms with Gasteiger partial charge in [-0.1, -0.05) is 12.1 Å². The van der Waals surface area contributed by atoms with Gasteiger partial charge in [0, 0.05) is 5.56 Å². The molecule has 4 nitrogen and oxygen atoms in total. The first-order chi connectivity index (χ1) is 10.3. The molecular weight excluding hydrogens is 319 g/mol. The van der Waals surface area contributed by atoms with E-state index in [1.807, 2.05) is 0 Å². The zero-order chi connectivity index (χ0) is 16.3. The van der Waals surface area contributed by atoms with Crippen molar-refractivity contribution in [2.24, 2.45) is 0 Å². The lowest BCUT2D eigenvalue weighted by molar-refractivity contribution is -0.118. The molecule has 0 spiro atoms. The lowest BCUT2D eigenvalue weighted by Crippen LogP contribution is -2.32. The van der Waals surface area contributed by atoms with Gasteiger partial charge in [-0.05, 0) is 30.3 Å². The molecule has 0 saturated carbocycles. The Bertz CT molecular complexity index is 805. The number of sulfonamides is 1. The van der Waals surface area contributed by atoms with E-state index in [4.69, 9.17) is 0 Å². The molecule has 1 N–H and O–H groups in total. The molecule has 0 unspecified atom stereocenters. The minimum absolute atomic E-state index is 0.271. The molecule has 22 heavy (non-hydrogen) atoms. The van der Waals surface area contributed by atoms with Crippen molar-refractivity contribution in [2.75, 3.05) is 0 Å². The second-order valence-electron chi connectivity index (χ2n) is 4.37. The Morgan fingerprint density at radius 2 is 1.64 bits per heavy atom. The highest BCUT2D eigenvalue weighted by Crippen LogP contribution is 2.13. The average molecular weight is 329 g/mol. The van der Waals surface area contributed by atoms with Gasteiger partial charge in [0.2, 0.25) is 5.91 Å². The molecule has 0 bridgehead atoms. The summed E-state index contributed by atoms with van der Waals surface area (Å²) >= 11 is 0. The van der Waals surface area contributed by atoms with Gasteiger partial charge in [-0.3, -0.25) is 4.79 Å². The van der Waals surface area contributed by atoms with E-state index in [0.717, 1.165) is 30.3 Å². The maximum absolute atomic E-state index is 13.4. The molecule has 0 fully saturated rings. The number of halogens is 3. The lowest BCUT2D eigenvalue weighted by Gasteiger charge is -2.07. The van der Waals surface area contributed by atoms with Gasteiger partial charge in [0.15, 0.2) is 11.6 Å². The van der Waals surface area contributed by atoms with Crippen LogP contribution in [-0.4, -0.2) is 14.3 Å². The SMILES string of the molecule is O=C(Cc1cccc(F)c1F)NS(=O)(=O)c1ccc(F)cc1. The Hall–Kier alpha value is -2.35. The molecule has 2 rings (SSSR count). The molecular formula is C14H10F3NO3S. The monoisotopic (exact) mass is 329 g/mol. The first-order valence-electron chi connectivity index (χ1n) is 6.04. The van der Waals surface area contributed by atoms with Crippen LogP contribution in [0, 0.1) is 17.5 Å². The molecule has 0 atom stereocenters. The van der Waals surface area contributed by atoms with Crippen LogP contribution in [0.25, 0.3) is 0 Å². The van der Waals surface area contributed by atoms with Gasteiger partial charge in [0.25, 0.3) is 10.0 Å². The fourth-order valence-corrected chi connectivity index (χ4v) is 2.70. The molecule has 116 valence electrons. The average Bonchev–Trinajstić information content (AvgIpc) is 2.44. The van der Waals surface area contributed by atoms with Crippen molar-refractivity contribution in [1.82, 2.24) is 4.72 Å². The Kier molecular flexibility index (Phi) is 4.51. The maximum atomic E-state index is 13.4. The van der Waals surface area contributed by atoms with Crippen molar-refractivity contribution < 1.29 is 26.4 Å². The summed E-state index contributed by atoms with van der Waals surface area (Å²) in [7, 11) is -4.20. The summed E-state index contributed by atoms with van der Waals surface area (Å²) in [5.41, 5.74) is -0.271. The molecule has 0 radical (unpaired) electrons. The third-order valence-electron chi connectivity index (χ3n) is 2.75. The molecule has 8 heteroatoms. The van der Waals surface area contributed by atoms with Crippen molar-refractivity contribution in [3.63, 3.8) is 0 Å². The number of rotatable bonds is 4. The maximum Gasteiger partial charge on any atom is 0.264 e. The third kappa shape index (κ3) is 3.64. The first-order valence-corrected chi connectivity index (χ1v) is 7.52. The van der Waals surface area contributed by atoms with E-state index in [0.29, 0.717) is 0 Å². The van der Waals surface area contributed by atoms with Gasteiger partial charge >= 0.3 is 0 Å². The fraction of sp³-hybridized carbons (Fsp3) is 0.0714. The van der Waals surface area contributed by atoms with E-state index in [-0.39, 0.29) is 10.5 Å². The number of benzene rings is 2. The lowest BCUT2D eigenvalue weighted by atomic mass is 10.1. The predicted molar refractivity (Wildman–Crippen MR) is 71.8 cm³/mol. The summed E-state index contributed by atoms with van der Waals surface area (Å²) in [6, 6.07) is 7.06. The van der Waals surface area contributed by atoms with Crippen molar-refractivity contribution in [3.8, 4) is 0 Å². The Balaban J connectivity index is 2.14. The highest BCUT2D eigenvalue weighted by molar-refractivity contribution is 7.90. The Morgan fingerprint density at radius 1 is 1.00 bits per heavy atom. The number of hydrogen-bond donors (Lipinski definition) is 1. The van der Waals surface area contributed by atoms with Crippen LogP contribution in [-0.2, 0) is 21.2 Å². The van der Waals surface area contributed by atoms with E-state index < -0.39 is 39.8 Å². The van der Waals surface area contributed by atoms with E-state index in [1.165, 1.54) is 12.1 Å². The van der Waals surface area contributed by atoms with Crippen LogP contribution in [0.1, 0.15) is 5.56 Å². The first kappa shape index (κ1) is 16.0. The summed E-state index contributed by atoms with van der Waals surface area (Å²) in [5, 5.41) is 0. The Labute approximate surface area is 124 Å². The minimum Gasteiger partial charge on any atom is -0.274 e. The fourth-order valence-electron chi connectivity index (χ4n) is 1.72. The van der Waals surface area contributed by atoms with Gasteiger partial charge in [-0.25, -0.2) is 26.3 Å². The molecule has 0 aromatic heterocycles. The van der Waals surface area contributed by atoms with Crippen LogP contribution in [0.4, 0.5) is 13.2 Å². The van der Waals surface area contributed by atoms with Crippen molar-refractivity contribution in [1.29, 1.82) is 0 Å². The molecule has 0 aliphatic rings. The van der Waals surface area contributed by atoms with Crippen LogP contribution in [0.2, 0.25) is 0 Å². The van der Waals surface area contributed by atoms with E-state index in [2.05, 4.69) is 0 Å². The number of nitrogens with one attached hydrogen (secondary N) is 1. The van der Waals surface area contributed by atoms with Gasteiger partial charge in [0.05, 0.1) is 11.3 Å². The summed E-state index contributed by atoms with van der Waals surface area (Å²) < 4.78 is 64.6. The Morgan fingerprint density at radius 3 is 2.27 bits per heavy atom. The van der Waals surface area contributed by atoms with E-state index in [1.54, 1.807) is 4.72 Å². The smallest absolute Gasteiger partial charge is 0.264 e. The summed E-state index contributed by atoms with van der Waals surface area (Å²) in [6.45, 7) is 0. The molecule has 2 aromatic carbocycles. The van der Waals surface area contributed by atoms with Gasteiger partial charge in [0.1, 0.15) is 5.82 Å². The third-order valence-corrected chi connectivity index (χ3v) is 4.14. The second-order valence-corrected chi connectivity index (χ2v) is 6.05. The summed E-state index contributed by atoms with van der Waals surface area (Å²) in [4.78, 5) is 11.4. The van der Waals surface area contributed by atoms with Crippen LogP contribution >= 0.6 is 0 Å². The predicted octanol–water partition coefficient (Wildman–Crippen LogP) is 2.15. The van der Waals surface area contributed by atoms with Crippen LogP contribution in [0.5, 0.6) is 0 Å². The van der Waals surface area contributed by atoms with Gasteiger partial charge in [-0.15, -0.1) is 0 Å². The van der Waals surface area contributed by atoms with Gasteiger partial charge < -0.3 is 0 Å². The largest absolute Gasteiger partial charge is 0.274 e. The second kappa shape index (κ2) is 6.18. The molecule has 0 heterocycles. The quantitative estimate of drug-likeness (QED) is 0.935. The van der Waals surface area contributed by atoms with Crippen molar-refractivity contribution >= 4 is 15.9 Å². The van der Waals surface area contributed by atoms with E-state index in [9.17, 15) is 26.4 Å². The van der Waals surface area contributed by atoms with E-state index >= 15 is 0 Å². The molecule has 0 aliphatic carbocycles. The summed E-state index contributed by atoms with van der Waals surface area (Å²) in [5.74, 6) is -4.01. The van der Waals surface area contributed by atoms with Gasteiger partial charge in [-0.2, -0.15) is 0 Å². The number of carbonyl (C=O) groups excluding carboxylic acids is 1. The normalized spacial score (nSPS) is 11.2. The van der Waals surface area contributed by atoms with Crippen molar-refractivity contribution in [2.45, 2.75) is 11.3 Å². The molecule has 1 amide bonds. The molecule has 0 aliphatic heterocycles. The molecule has 0 saturated heterocycles. The van der Waals surface area contributed by atoms with Crippen LogP contribution in [0.3, 0.4) is 0 Å². The summed E-state index contributed by atoms with van der Waals surface area (Å²) in [6.07, 6.45) is -0.649. The number of hydrogen-bond acceptors (Lipinski definition) is 3. The highest BCUT2D eigenvalue weighted by Gasteiger charge is 2.19. The zero-order valence-corrected chi connectivity index (χ0v) is 11.8. The number of carbonyl (C=O) groups is 1. The minimum atomic E-state index is -4.20. The zero-order valence-electron chi connectivity index (χ0n) is 11.0. The van der Waals surface area contributed by atoms with Crippen molar-refractivity contribution in [3.05, 3.63) is 65.5 Å². The number of amides is 1. The van der Waals surface area contributed by atoms with Crippen LogP contribution in [0.15, 0.2) is 47.4 Å². The standard InChI is InChI=1S/C14H10F3NO3S/c15-10-4-6-11(7-5-10)22(20,21)18-13(19)8-9-2-1-3-12(16)14(9)17/h1-7H,8H2,(H,18,19). The topological polar surface area (TPSA) is 63.2 Å².